The van der Waals surface area contributed by atoms with E-state index in [0.29, 0.717) is 194 Å². The zero-order chi connectivity index (χ0) is 63.7. The number of carbonyl (C=O) groups excluding carboxylic acids is 6. The molecule has 0 saturated carbocycles. The van der Waals surface area contributed by atoms with E-state index in [0.717, 1.165) is 12.0 Å². The summed E-state index contributed by atoms with van der Waals surface area (Å²) in [5.74, 6) is 1.03. The summed E-state index contributed by atoms with van der Waals surface area (Å²) in [6, 6.07) is 9.53. The zero-order valence-electron chi connectivity index (χ0n) is 52.5. The summed E-state index contributed by atoms with van der Waals surface area (Å²) in [6.45, 7) is 21.1. The van der Waals surface area contributed by atoms with Gasteiger partial charge in [-0.05, 0) is 66.5 Å². The molecule has 0 unspecified atom stereocenters. The Morgan fingerprint density at radius 1 is 0.708 bits per heavy atom. The van der Waals surface area contributed by atoms with Crippen LogP contribution >= 0.6 is 11.8 Å². The molecule has 484 valence electrons. The number of nitrogens with zero attached hydrogens (tertiary/aromatic N) is 7. The van der Waals surface area contributed by atoms with Gasteiger partial charge in [-0.15, -0.1) is 11.8 Å². The molecular formula is C64H88N10O14S. The maximum Gasteiger partial charge on any atom is 0.317 e. The van der Waals surface area contributed by atoms with E-state index in [4.69, 9.17) is 38.1 Å². The van der Waals surface area contributed by atoms with Gasteiger partial charge in [0.2, 0.25) is 11.8 Å². The number of urea groups is 1. The number of hydrogen-bond acceptors (Lipinski definition) is 19. The van der Waals surface area contributed by atoms with E-state index < -0.39 is 0 Å². The summed E-state index contributed by atoms with van der Waals surface area (Å²) in [7, 11) is 1.61. The topological polar surface area (TPSA) is 274 Å². The number of aromatic nitrogens is 1. The highest BCUT2D eigenvalue weighted by Gasteiger charge is 2.36. The lowest BCUT2D eigenvalue weighted by atomic mass is 10.1. The molecule has 0 aliphatic carbocycles. The Labute approximate surface area is 526 Å². The quantitative estimate of drug-likeness (QED) is 0.0334. The number of fused-ring (bicyclic) bond motifs is 4. The van der Waals surface area contributed by atoms with Gasteiger partial charge in [-0.3, -0.25) is 43.8 Å². The lowest BCUT2D eigenvalue weighted by molar-refractivity contribution is -0.122. The third kappa shape index (κ3) is 20.6. The molecule has 5 aliphatic rings. The Hall–Kier alpha value is -7.26. The summed E-state index contributed by atoms with van der Waals surface area (Å²) in [6.07, 6.45) is 10.1. The highest BCUT2D eigenvalue weighted by molar-refractivity contribution is 8.01. The van der Waals surface area contributed by atoms with Crippen LogP contribution in [0, 0.1) is 0 Å². The van der Waals surface area contributed by atoms with Gasteiger partial charge in [-0.2, -0.15) is 0 Å². The first kappa shape index (κ1) is 69.2. The van der Waals surface area contributed by atoms with Crippen LogP contribution in [-0.2, 0) is 48.4 Å². The molecule has 25 heteroatoms. The van der Waals surface area contributed by atoms with Gasteiger partial charge in [-0.25, -0.2) is 4.79 Å². The number of hydrogen-bond donors (Lipinski definition) is 4. The van der Waals surface area contributed by atoms with E-state index in [1.165, 1.54) is 23.4 Å². The first-order chi connectivity index (χ1) is 43.1. The second-order valence-corrected chi connectivity index (χ2v) is 23.9. The molecule has 3 fully saturated rings. The van der Waals surface area contributed by atoms with Crippen molar-refractivity contribution >= 4 is 71.5 Å². The van der Waals surface area contributed by atoms with Crippen LogP contribution in [0.5, 0.6) is 17.2 Å². The lowest BCUT2D eigenvalue weighted by Gasteiger charge is -2.35. The number of aliphatic hydroxyl groups is 1. The van der Waals surface area contributed by atoms with E-state index in [-0.39, 0.29) is 77.6 Å². The molecule has 8 rings (SSSR count). The van der Waals surface area contributed by atoms with Crippen molar-refractivity contribution < 1.29 is 67.0 Å². The van der Waals surface area contributed by atoms with E-state index in [1.807, 2.05) is 53.7 Å². The molecule has 5 aliphatic heterocycles. The first-order valence-electron chi connectivity index (χ1n) is 30.5. The average molecular weight is 1250 g/mol. The number of benzene rings is 2. The van der Waals surface area contributed by atoms with Gasteiger partial charge in [-0.1, -0.05) is 23.3 Å². The van der Waals surface area contributed by atoms with Crippen molar-refractivity contribution in [2.24, 2.45) is 9.98 Å². The molecule has 3 saturated heterocycles. The van der Waals surface area contributed by atoms with Crippen molar-refractivity contribution in [1.82, 2.24) is 40.5 Å². The summed E-state index contributed by atoms with van der Waals surface area (Å²) in [5, 5.41) is 18.8. The molecular weight excluding hydrogens is 1160 g/mol. The maximum atomic E-state index is 13.7. The van der Waals surface area contributed by atoms with Crippen LogP contribution in [0.3, 0.4) is 0 Å². The van der Waals surface area contributed by atoms with Crippen LogP contribution in [0.1, 0.15) is 109 Å². The minimum atomic E-state index is -0.374. The highest BCUT2D eigenvalue weighted by Crippen LogP contribution is 2.38. The van der Waals surface area contributed by atoms with Gasteiger partial charge in [0.15, 0.2) is 6.29 Å². The molecule has 0 bridgehead atoms. The normalized spacial score (nSPS) is 17.9. The lowest BCUT2D eigenvalue weighted by Crippen LogP contribution is -2.53. The van der Waals surface area contributed by atoms with Crippen LogP contribution in [0.25, 0.3) is 0 Å². The van der Waals surface area contributed by atoms with Crippen LogP contribution in [-0.4, -0.2) is 226 Å². The Balaban J connectivity index is 0.000000543. The number of rotatable bonds is 31. The highest BCUT2D eigenvalue weighted by atomic mass is 32.2. The number of aliphatic imine (C=N–C) groups is 2. The minimum absolute atomic E-state index is 0.0152. The largest absolute Gasteiger partial charge is 0.492 e. The number of pyridine rings is 1. The fourth-order valence-corrected chi connectivity index (χ4v) is 11.0. The molecule has 1 aromatic heterocycles. The zero-order valence-corrected chi connectivity index (χ0v) is 53.3. The van der Waals surface area contributed by atoms with Gasteiger partial charge in [0.05, 0.1) is 110 Å². The fourth-order valence-electron chi connectivity index (χ4n) is 10.2. The van der Waals surface area contributed by atoms with E-state index in [9.17, 15) is 33.9 Å². The number of aliphatic hydroxyl groups excluding tert-OH is 1. The molecule has 3 aromatic rings. The van der Waals surface area contributed by atoms with E-state index in [1.54, 1.807) is 64.5 Å². The smallest absolute Gasteiger partial charge is 0.317 e. The summed E-state index contributed by atoms with van der Waals surface area (Å²) < 4.78 is 39.5. The third-order valence-corrected chi connectivity index (χ3v) is 16.7. The molecule has 0 radical (unpaired) electrons. The molecule has 89 heavy (non-hydrogen) atoms. The van der Waals surface area contributed by atoms with Crippen molar-refractivity contribution in [1.29, 1.82) is 0 Å². The van der Waals surface area contributed by atoms with Crippen LogP contribution in [0.4, 0.5) is 16.2 Å². The Morgan fingerprint density at radius 3 is 1.82 bits per heavy atom. The molecule has 0 spiro atoms. The van der Waals surface area contributed by atoms with Crippen LogP contribution in [0.15, 0.2) is 69.7 Å². The average Bonchev–Trinajstić information content (AvgIpc) is 1.77. The van der Waals surface area contributed by atoms with Crippen molar-refractivity contribution in [2.45, 2.75) is 97.5 Å². The van der Waals surface area contributed by atoms with Gasteiger partial charge in [0, 0.05) is 126 Å². The van der Waals surface area contributed by atoms with E-state index >= 15 is 0 Å². The third-order valence-electron chi connectivity index (χ3n) is 15.4. The van der Waals surface area contributed by atoms with Crippen molar-refractivity contribution in [3.8, 4) is 17.2 Å². The second kappa shape index (κ2) is 35.2. The van der Waals surface area contributed by atoms with Crippen LogP contribution < -0.4 is 30.2 Å². The summed E-state index contributed by atoms with van der Waals surface area (Å²) >= 11 is 1.51. The van der Waals surface area contributed by atoms with Crippen molar-refractivity contribution in [2.75, 3.05) is 131 Å². The monoisotopic (exact) mass is 1250 g/mol. The standard InChI is InChI=1S/C52H63N9O9S.C12H25NO5/c1-6-33-15-39-23-54-44-21-46(35(27-62)17-42(44)49(65)60(39)25-33)69-29-37-19-41(68-14-13-58-9-11-59(12-10-58)51(67)56-32-52(4,5)71-31-48(64)53-8-3)20-38(57-37)30-70-47-22-45-43(18-36(47)28-63)50(66)61-26-34(7-2)16-40(61)24-55-45;1-3-15-6-7-17-10-11-18-9-8-16-5-4-12(14)13-2/h6-7,17-24,27,39-40,63H,8-16,25-26,28-32H2,1-5H3,(H,53,64)(H,56,67);3-11H2,1-2H3,(H,13,14)/b33-6+,34-7+;/t39-,40-;/m0./s1. The Morgan fingerprint density at radius 2 is 1.27 bits per heavy atom. The minimum Gasteiger partial charge on any atom is -0.492 e. The van der Waals surface area contributed by atoms with Crippen molar-refractivity contribution in [3.63, 3.8) is 0 Å². The van der Waals surface area contributed by atoms with Gasteiger partial charge < -0.3 is 68.9 Å². The molecule has 4 N–H and O–H groups in total. The van der Waals surface area contributed by atoms with Gasteiger partial charge >= 0.3 is 6.03 Å². The van der Waals surface area contributed by atoms with E-state index in [2.05, 4.69) is 30.8 Å². The number of ether oxygens (including phenoxy) is 7. The SMILES string of the molecule is C/C=C1\C[C@H]2C=Nc3cc(OCc4cc(OCCN5CCN(C(=O)NCC(C)(C)SCC(=O)NCC)CC5)cc(COc5cc6c(cc5CO)C(=O)N5C/C(=C/C)C[C@H]5C=N6)n4)c(C=O)cc3C(=O)N2C1.CCOCCOCCOCCOCCC(=O)NC. The fraction of sp³-hybridized carbons (Fsp3) is 0.547. The molecule has 6 heterocycles. The predicted octanol–water partition coefficient (Wildman–Crippen LogP) is 5.86. The summed E-state index contributed by atoms with van der Waals surface area (Å²) in [4.78, 5) is 97.5. The Kier molecular flexibility index (Phi) is 27.4. The molecule has 2 atom stereocenters. The molecule has 6 amide bonds. The number of amides is 6. The number of nitrogens with one attached hydrogen (secondary N) is 3. The predicted molar refractivity (Wildman–Crippen MR) is 340 cm³/mol. The molecule has 2 aromatic carbocycles. The van der Waals surface area contributed by atoms with Gasteiger partial charge in [0.1, 0.15) is 37.1 Å². The summed E-state index contributed by atoms with van der Waals surface area (Å²) in [5.41, 5.74) is 5.49. The second-order valence-electron chi connectivity index (χ2n) is 22.2. The van der Waals surface area contributed by atoms with Gasteiger partial charge in [0.25, 0.3) is 11.8 Å². The maximum absolute atomic E-state index is 13.7. The number of allylic oxidation sites excluding steroid dienone is 2. The number of thioether (sulfide) groups is 1. The number of aldehydes is 1. The Bertz CT molecular complexity index is 3040. The number of carbonyl (C=O) groups is 6. The van der Waals surface area contributed by atoms with Crippen LogP contribution in [0.2, 0.25) is 0 Å². The van der Waals surface area contributed by atoms with Crippen molar-refractivity contribution in [3.05, 3.63) is 93.3 Å². The number of piperazine rings is 1. The first-order valence-corrected chi connectivity index (χ1v) is 31.5. The molecule has 24 nitrogen and oxygen atoms in total.